The molecule has 1 aliphatic heterocycles. The van der Waals surface area contributed by atoms with Crippen molar-refractivity contribution in [3.8, 4) is 6.07 Å². The minimum absolute atomic E-state index is 0.260. The zero-order chi connectivity index (χ0) is 24.0. The summed E-state index contributed by atoms with van der Waals surface area (Å²) < 4.78 is 19.5. The second-order valence-electron chi connectivity index (χ2n) is 9.39. The lowest BCUT2D eigenvalue weighted by atomic mass is 9.80. The van der Waals surface area contributed by atoms with Crippen molar-refractivity contribution in [3.63, 3.8) is 0 Å². The molecule has 174 valence electrons. The molecule has 0 aliphatic carbocycles. The van der Waals surface area contributed by atoms with Crippen LogP contribution in [0, 0.1) is 11.3 Å². The molecule has 3 atom stereocenters. The Hall–Kier alpha value is -3.01. The average Bonchev–Trinajstić information content (AvgIpc) is 2.86. The van der Waals surface area contributed by atoms with Crippen molar-refractivity contribution in [2.24, 2.45) is 0 Å². The summed E-state index contributed by atoms with van der Waals surface area (Å²) in [5, 5.41) is 9.49. The molecule has 1 heterocycles. The summed E-state index contributed by atoms with van der Waals surface area (Å²) >= 11 is 0. The van der Waals surface area contributed by atoms with Crippen molar-refractivity contribution in [3.05, 3.63) is 120 Å². The lowest BCUT2D eigenvalue weighted by Crippen LogP contribution is -2.46. The summed E-state index contributed by atoms with van der Waals surface area (Å²) in [4.78, 5) is 0. The van der Waals surface area contributed by atoms with E-state index in [-0.39, 0.29) is 12.7 Å². The van der Waals surface area contributed by atoms with Crippen LogP contribution in [-0.2, 0) is 19.5 Å². The highest BCUT2D eigenvalue weighted by Crippen LogP contribution is 2.41. The van der Waals surface area contributed by atoms with Crippen LogP contribution in [0.5, 0.6) is 0 Å². The largest absolute Gasteiger partial charge is 0.409 e. The van der Waals surface area contributed by atoms with Crippen molar-refractivity contribution in [1.82, 2.24) is 0 Å². The first-order valence-electron chi connectivity index (χ1n) is 11.6. The van der Waals surface area contributed by atoms with E-state index in [0.717, 1.165) is 16.7 Å². The highest BCUT2D eigenvalue weighted by molar-refractivity contribution is 6.69. The molecule has 0 saturated heterocycles. The van der Waals surface area contributed by atoms with Crippen LogP contribution >= 0.6 is 0 Å². The van der Waals surface area contributed by atoms with E-state index in [1.165, 1.54) is 0 Å². The van der Waals surface area contributed by atoms with Crippen LogP contribution in [0.25, 0.3) is 0 Å². The summed E-state index contributed by atoms with van der Waals surface area (Å²) in [6.45, 7) is 6.71. The summed E-state index contributed by atoms with van der Waals surface area (Å²) in [7, 11) is -1.86. The van der Waals surface area contributed by atoms with Gasteiger partial charge in [0.2, 0.25) is 0 Å². The quantitative estimate of drug-likeness (QED) is 0.228. The summed E-state index contributed by atoms with van der Waals surface area (Å²) in [6, 6.07) is 33.0. The number of nitrogens with zero attached hydrogens (tertiary/aromatic N) is 1. The van der Waals surface area contributed by atoms with Gasteiger partial charge in [-0.1, -0.05) is 97.1 Å². The molecule has 0 amide bonds. The maximum Gasteiger partial charge on any atom is 0.184 e. The molecule has 0 aromatic heterocycles. The Morgan fingerprint density at radius 1 is 0.794 bits per heavy atom. The van der Waals surface area contributed by atoms with E-state index in [9.17, 15) is 5.26 Å². The van der Waals surface area contributed by atoms with Crippen molar-refractivity contribution in [1.29, 1.82) is 5.26 Å². The van der Waals surface area contributed by atoms with E-state index in [2.05, 4.69) is 62.1 Å². The van der Waals surface area contributed by atoms with Crippen LogP contribution in [0.3, 0.4) is 0 Å². The molecule has 3 aromatic rings. The van der Waals surface area contributed by atoms with Gasteiger partial charge in [0.25, 0.3) is 0 Å². The minimum atomic E-state index is -1.86. The van der Waals surface area contributed by atoms with Crippen molar-refractivity contribution >= 4 is 8.32 Å². The average molecular weight is 470 g/mol. The fraction of sp³-hybridized carbons (Fsp3) is 0.276. The molecule has 0 N–H and O–H groups in total. The number of nitriles is 1. The third-order valence-corrected chi connectivity index (χ3v) is 6.76. The molecule has 0 radical (unpaired) electrons. The first-order valence-corrected chi connectivity index (χ1v) is 15.0. The van der Waals surface area contributed by atoms with E-state index in [4.69, 9.17) is 13.9 Å². The lowest BCUT2D eigenvalue weighted by molar-refractivity contribution is -0.104. The van der Waals surface area contributed by atoms with Gasteiger partial charge in [-0.3, -0.25) is 0 Å². The maximum atomic E-state index is 9.49. The van der Waals surface area contributed by atoms with Crippen molar-refractivity contribution in [2.45, 2.75) is 43.6 Å². The highest BCUT2D eigenvalue weighted by atomic mass is 28.4. The second-order valence-corrected chi connectivity index (χ2v) is 13.9. The Morgan fingerprint density at radius 2 is 1.26 bits per heavy atom. The zero-order valence-corrected chi connectivity index (χ0v) is 20.9. The van der Waals surface area contributed by atoms with E-state index in [0.29, 0.717) is 0 Å². The number of hydrogen-bond donors (Lipinski definition) is 0. The molecule has 3 aromatic carbocycles. The topological polar surface area (TPSA) is 51.5 Å². The summed E-state index contributed by atoms with van der Waals surface area (Å²) in [5.74, 6) is 0. The van der Waals surface area contributed by atoms with Crippen LogP contribution in [0.4, 0.5) is 0 Å². The normalized spacial score (nSPS) is 20.6. The van der Waals surface area contributed by atoms with Gasteiger partial charge < -0.3 is 13.9 Å². The van der Waals surface area contributed by atoms with Crippen LogP contribution < -0.4 is 0 Å². The molecular weight excluding hydrogens is 438 g/mol. The van der Waals surface area contributed by atoms with Crippen molar-refractivity contribution < 1.29 is 13.9 Å². The maximum absolute atomic E-state index is 9.49. The van der Waals surface area contributed by atoms with Gasteiger partial charge in [-0.05, 0) is 42.4 Å². The lowest BCUT2D eigenvalue weighted by Gasteiger charge is -2.39. The van der Waals surface area contributed by atoms with Gasteiger partial charge in [0.05, 0.1) is 18.8 Å². The standard InChI is InChI=1S/C29H31NO3Si/c1-34(2,3)33-27-20-19-26(21-30)32-28(27)22-31-29(23-13-7-4-8-14-23,24-15-9-5-10-16-24)25-17-11-6-12-18-25/h4-20,26-28H,22H2,1-3H3/t26-,27-,28-/m1/s1. The summed E-state index contributed by atoms with van der Waals surface area (Å²) in [6.07, 6.45) is 2.45. The van der Waals surface area contributed by atoms with Gasteiger partial charge in [-0.2, -0.15) is 5.26 Å². The van der Waals surface area contributed by atoms with E-state index >= 15 is 0 Å². The third kappa shape index (κ3) is 5.38. The van der Waals surface area contributed by atoms with Crippen LogP contribution in [0.2, 0.25) is 19.6 Å². The van der Waals surface area contributed by atoms with Gasteiger partial charge in [0, 0.05) is 0 Å². The van der Waals surface area contributed by atoms with Crippen LogP contribution in [0.1, 0.15) is 16.7 Å². The predicted octanol–water partition coefficient (Wildman–Crippen LogP) is 6.06. The monoisotopic (exact) mass is 469 g/mol. The Kier molecular flexibility index (Phi) is 7.45. The van der Waals surface area contributed by atoms with Crippen LogP contribution in [0.15, 0.2) is 103 Å². The summed E-state index contributed by atoms with van der Waals surface area (Å²) in [5.41, 5.74) is 2.23. The van der Waals surface area contributed by atoms with Crippen LogP contribution in [-0.4, -0.2) is 33.2 Å². The molecule has 1 aliphatic rings. The first kappa shape index (κ1) is 24.1. The van der Waals surface area contributed by atoms with E-state index < -0.39 is 26.1 Å². The zero-order valence-electron chi connectivity index (χ0n) is 19.9. The van der Waals surface area contributed by atoms with Gasteiger partial charge in [-0.25, -0.2) is 0 Å². The van der Waals surface area contributed by atoms with Crippen molar-refractivity contribution in [2.75, 3.05) is 6.61 Å². The Balaban J connectivity index is 1.77. The van der Waals surface area contributed by atoms with Gasteiger partial charge >= 0.3 is 0 Å². The van der Waals surface area contributed by atoms with Gasteiger partial charge in [0.1, 0.15) is 11.7 Å². The molecule has 34 heavy (non-hydrogen) atoms. The molecule has 0 saturated carbocycles. The fourth-order valence-electron chi connectivity index (χ4n) is 4.35. The molecule has 0 fully saturated rings. The fourth-order valence-corrected chi connectivity index (χ4v) is 5.40. The Morgan fingerprint density at radius 3 is 1.68 bits per heavy atom. The van der Waals surface area contributed by atoms with E-state index in [1.807, 2.05) is 60.7 Å². The van der Waals surface area contributed by atoms with Gasteiger partial charge in [0.15, 0.2) is 14.4 Å². The SMILES string of the molecule is C[Si](C)(C)O[C@@H]1C=C[C@H](C#N)O[C@@H]1COC(c1ccccc1)(c1ccccc1)c1ccccc1. The third-order valence-electron chi connectivity index (χ3n) is 5.79. The molecule has 5 heteroatoms. The predicted molar refractivity (Wildman–Crippen MR) is 137 cm³/mol. The second kappa shape index (κ2) is 10.5. The Bertz CT molecular complexity index is 1020. The minimum Gasteiger partial charge on any atom is -0.409 e. The number of benzene rings is 3. The molecule has 0 bridgehead atoms. The number of ether oxygens (including phenoxy) is 2. The Labute approximate surface area is 203 Å². The number of rotatable bonds is 8. The van der Waals surface area contributed by atoms with Gasteiger partial charge in [-0.15, -0.1) is 0 Å². The van der Waals surface area contributed by atoms with E-state index in [1.54, 1.807) is 6.08 Å². The molecule has 0 spiro atoms. The first-order chi connectivity index (χ1) is 16.4. The molecule has 4 nitrogen and oxygen atoms in total. The molecule has 4 rings (SSSR count). The molecule has 0 unspecified atom stereocenters. The molecular formula is C29H31NO3Si. The highest BCUT2D eigenvalue weighted by Gasteiger charge is 2.40. The smallest absolute Gasteiger partial charge is 0.184 e. The number of hydrogen-bond acceptors (Lipinski definition) is 4.